The van der Waals surface area contributed by atoms with E-state index < -0.39 is 0 Å². The molecular formula is C11H16N2O2. The Labute approximate surface area is 89.0 Å². The Bertz CT molecular complexity index is 348. The third-order valence-electron chi connectivity index (χ3n) is 2.73. The van der Waals surface area contributed by atoms with Gasteiger partial charge in [0.05, 0.1) is 24.6 Å². The fourth-order valence-electron chi connectivity index (χ4n) is 1.71. The first-order valence-electron chi connectivity index (χ1n) is 5.07. The summed E-state index contributed by atoms with van der Waals surface area (Å²) in [6.45, 7) is 0. The first-order chi connectivity index (χ1) is 7.19. The molecule has 1 aromatic rings. The summed E-state index contributed by atoms with van der Waals surface area (Å²) in [7, 11) is 1.63. The van der Waals surface area contributed by atoms with Gasteiger partial charge in [0.15, 0.2) is 0 Å². The molecule has 0 aromatic heterocycles. The quantitative estimate of drug-likeness (QED) is 0.653. The highest BCUT2D eigenvalue weighted by atomic mass is 16.5. The van der Waals surface area contributed by atoms with Crippen molar-refractivity contribution in [2.75, 3.05) is 18.2 Å². The van der Waals surface area contributed by atoms with E-state index in [1.54, 1.807) is 7.11 Å². The maximum atomic E-state index is 9.17. The van der Waals surface area contributed by atoms with E-state index in [0.717, 1.165) is 24.3 Å². The van der Waals surface area contributed by atoms with E-state index in [2.05, 4.69) is 5.32 Å². The van der Waals surface area contributed by atoms with Crippen molar-refractivity contribution in [1.82, 2.24) is 0 Å². The largest absolute Gasteiger partial charge is 0.497 e. The zero-order valence-corrected chi connectivity index (χ0v) is 8.73. The van der Waals surface area contributed by atoms with Crippen molar-refractivity contribution in [1.29, 1.82) is 0 Å². The summed E-state index contributed by atoms with van der Waals surface area (Å²) in [5.74, 6) is 0.784. The van der Waals surface area contributed by atoms with Crippen molar-refractivity contribution < 1.29 is 9.84 Å². The molecule has 1 fully saturated rings. The van der Waals surface area contributed by atoms with Gasteiger partial charge in [-0.05, 0) is 25.0 Å². The molecule has 4 heteroatoms. The second-order valence-corrected chi connectivity index (χ2v) is 3.92. The normalized spacial score (nSPS) is 24.4. The number of benzene rings is 1. The molecular weight excluding hydrogens is 192 g/mol. The lowest BCUT2D eigenvalue weighted by molar-refractivity contribution is 0.0837. The molecule has 0 radical (unpaired) electrons. The molecule has 82 valence electrons. The van der Waals surface area contributed by atoms with E-state index in [4.69, 9.17) is 10.5 Å². The van der Waals surface area contributed by atoms with Crippen molar-refractivity contribution in [3.8, 4) is 5.75 Å². The van der Waals surface area contributed by atoms with Crippen LogP contribution in [0.3, 0.4) is 0 Å². The Morgan fingerprint density at radius 2 is 2.20 bits per heavy atom. The molecule has 1 aliphatic rings. The number of methoxy groups -OCH3 is 1. The number of hydrogen-bond donors (Lipinski definition) is 3. The molecule has 0 heterocycles. The number of aliphatic hydroxyl groups is 1. The van der Waals surface area contributed by atoms with Gasteiger partial charge in [0.25, 0.3) is 0 Å². The van der Waals surface area contributed by atoms with Crippen molar-refractivity contribution in [2.45, 2.75) is 25.0 Å². The van der Waals surface area contributed by atoms with Crippen LogP contribution in [0.4, 0.5) is 11.4 Å². The Morgan fingerprint density at radius 3 is 2.80 bits per heavy atom. The van der Waals surface area contributed by atoms with Crippen molar-refractivity contribution in [2.24, 2.45) is 0 Å². The lowest BCUT2D eigenvalue weighted by Crippen LogP contribution is -2.39. The fourth-order valence-corrected chi connectivity index (χ4v) is 1.71. The van der Waals surface area contributed by atoms with Crippen LogP contribution in [0.25, 0.3) is 0 Å². The minimum atomic E-state index is -0.158. The first-order valence-corrected chi connectivity index (χ1v) is 5.07. The summed E-state index contributed by atoms with van der Waals surface area (Å²) in [6, 6.07) is 5.85. The molecule has 0 spiro atoms. The second kappa shape index (κ2) is 3.98. The summed E-state index contributed by atoms with van der Waals surface area (Å²) in [5, 5.41) is 12.5. The van der Waals surface area contributed by atoms with Gasteiger partial charge in [-0.15, -0.1) is 0 Å². The number of nitrogens with two attached hydrogens (primary N) is 1. The maximum absolute atomic E-state index is 9.17. The average Bonchev–Trinajstić information content (AvgIpc) is 2.19. The molecule has 0 bridgehead atoms. The molecule has 1 aliphatic carbocycles. The summed E-state index contributed by atoms with van der Waals surface area (Å²) >= 11 is 0. The maximum Gasteiger partial charge on any atom is 0.121 e. The highest BCUT2D eigenvalue weighted by molar-refractivity contribution is 5.68. The van der Waals surface area contributed by atoms with Crippen LogP contribution in [0.15, 0.2) is 18.2 Å². The molecule has 0 amide bonds. The van der Waals surface area contributed by atoms with Crippen LogP contribution in [0.5, 0.6) is 5.75 Å². The fraction of sp³-hybridized carbons (Fsp3) is 0.455. The smallest absolute Gasteiger partial charge is 0.121 e. The number of ether oxygens (including phenoxy) is 1. The second-order valence-electron chi connectivity index (χ2n) is 3.92. The predicted molar refractivity (Wildman–Crippen MR) is 60.1 cm³/mol. The molecule has 1 saturated carbocycles. The van der Waals surface area contributed by atoms with Crippen LogP contribution in [-0.2, 0) is 0 Å². The van der Waals surface area contributed by atoms with Gasteiger partial charge < -0.3 is 20.9 Å². The van der Waals surface area contributed by atoms with Crippen molar-refractivity contribution in [3.63, 3.8) is 0 Å². The molecule has 0 saturated heterocycles. The summed E-state index contributed by atoms with van der Waals surface area (Å²) < 4.78 is 5.12. The van der Waals surface area contributed by atoms with E-state index in [1.165, 1.54) is 0 Å². The third-order valence-corrected chi connectivity index (χ3v) is 2.73. The van der Waals surface area contributed by atoms with Gasteiger partial charge in [-0.25, -0.2) is 0 Å². The summed E-state index contributed by atoms with van der Waals surface area (Å²) in [5.41, 5.74) is 7.41. The molecule has 4 nitrogen and oxygen atoms in total. The Morgan fingerprint density at radius 1 is 1.47 bits per heavy atom. The third kappa shape index (κ3) is 2.15. The Balaban J connectivity index is 2.06. The van der Waals surface area contributed by atoms with Crippen LogP contribution in [0, 0.1) is 0 Å². The van der Waals surface area contributed by atoms with E-state index in [1.807, 2.05) is 18.2 Å². The van der Waals surface area contributed by atoms with Crippen LogP contribution in [0.1, 0.15) is 12.8 Å². The van der Waals surface area contributed by atoms with E-state index in [0.29, 0.717) is 11.7 Å². The van der Waals surface area contributed by atoms with Gasteiger partial charge in [0.2, 0.25) is 0 Å². The van der Waals surface area contributed by atoms with E-state index in [-0.39, 0.29) is 6.10 Å². The molecule has 4 N–H and O–H groups in total. The molecule has 1 aromatic carbocycles. The van der Waals surface area contributed by atoms with Crippen LogP contribution in [-0.4, -0.2) is 24.4 Å². The molecule has 0 atom stereocenters. The number of nitrogens with one attached hydrogen (secondary N) is 1. The Kier molecular flexibility index (Phi) is 2.68. The van der Waals surface area contributed by atoms with Crippen LogP contribution >= 0.6 is 0 Å². The standard InChI is InChI=1S/C11H16N2O2/c1-15-9-2-3-10(12)11(6-9)13-7-4-8(14)5-7/h2-3,6-8,13-14H,4-5,12H2,1H3. The SMILES string of the molecule is COc1ccc(N)c(NC2CC(O)C2)c1. The number of hydrogen-bond acceptors (Lipinski definition) is 4. The average molecular weight is 208 g/mol. The summed E-state index contributed by atoms with van der Waals surface area (Å²) in [6.07, 6.45) is 1.42. The van der Waals surface area contributed by atoms with Crippen molar-refractivity contribution >= 4 is 11.4 Å². The number of nitrogen functional groups attached to an aromatic ring is 1. The van der Waals surface area contributed by atoms with Crippen LogP contribution < -0.4 is 15.8 Å². The monoisotopic (exact) mass is 208 g/mol. The van der Waals surface area contributed by atoms with Crippen LogP contribution in [0.2, 0.25) is 0 Å². The number of rotatable bonds is 3. The number of aliphatic hydroxyl groups excluding tert-OH is 1. The Hall–Kier alpha value is -1.42. The van der Waals surface area contributed by atoms with Gasteiger partial charge in [-0.2, -0.15) is 0 Å². The highest BCUT2D eigenvalue weighted by Gasteiger charge is 2.27. The number of anilines is 2. The van der Waals surface area contributed by atoms with Crippen molar-refractivity contribution in [3.05, 3.63) is 18.2 Å². The van der Waals surface area contributed by atoms with Gasteiger partial charge in [-0.1, -0.05) is 0 Å². The van der Waals surface area contributed by atoms with Gasteiger partial charge in [0, 0.05) is 12.1 Å². The van der Waals surface area contributed by atoms with E-state index in [9.17, 15) is 5.11 Å². The lowest BCUT2D eigenvalue weighted by atomic mass is 9.89. The molecule has 0 unspecified atom stereocenters. The van der Waals surface area contributed by atoms with E-state index >= 15 is 0 Å². The highest BCUT2D eigenvalue weighted by Crippen LogP contribution is 2.29. The van der Waals surface area contributed by atoms with Gasteiger partial charge in [0.1, 0.15) is 5.75 Å². The summed E-state index contributed by atoms with van der Waals surface area (Å²) in [4.78, 5) is 0. The predicted octanol–water partition coefficient (Wildman–Crippen LogP) is 1.21. The molecule has 15 heavy (non-hydrogen) atoms. The minimum Gasteiger partial charge on any atom is -0.497 e. The topological polar surface area (TPSA) is 67.5 Å². The van der Waals surface area contributed by atoms with Gasteiger partial charge in [-0.3, -0.25) is 0 Å². The minimum absolute atomic E-state index is 0.158. The van der Waals surface area contributed by atoms with Gasteiger partial charge >= 0.3 is 0 Å². The molecule has 2 rings (SSSR count). The zero-order valence-electron chi connectivity index (χ0n) is 8.73. The first kappa shape index (κ1) is 10.1. The zero-order chi connectivity index (χ0) is 10.8. The molecule has 0 aliphatic heterocycles. The lowest BCUT2D eigenvalue weighted by Gasteiger charge is -2.33.